The van der Waals surface area contributed by atoms with Gasteiger partial charge in [0, 0.05) is 39.3 Å². The van der Waals surface area contributed by atoms with Crippen molar-refractivity contribution < 1.29 is 17.9 Å². The first-order valence-electron chi connectivity index (χ1n) is 8.21. The molecule has 10 heteroatoms. The topological polar surface area (TPSA) is 96.2 Å². The summed E-state index contributed by atoms with van der Waals surface area (Å²) in [6, 6.07) is 0. The van der Waals surface area contributed by atoms with E-state index in [1.807, 2.05) is 13.8 Å². The van der Waals surface area contributed by atoms with E-state index in [4.69, 9.17) is 10.5 Å². The van der Waals surface area contributed by atoms with E-state index in [1.165, 1.54) is 8.61 Å². The zero-order chi connectivity index (χ0) is 16.8. The molecular formula is C14H27ClN4O4S. The molecular weight excluding hydrogens is 356 g/mol. The highest BCUT2D eigenvalue weighted by Gasteiger charge is 2.49. The van der Waals surface area contributed by atoms with Crippen LogP contribution in [0.25, 0.3) is 0 Å². The summed E-state index contributed by atoms with van der Waals surface area (Å²) in [4.78, 5) is 13.9. The number of ether oxygens (including phenoxy) is 1. The Morgan fingerprint density at radius 2 is 1.54 bits per heavy atom. The Morgan fingerprint density at radius 3 is 2.00 bits per heavy atom. The standard InChI is InChI=1S/C14H26N4O4S.ClH/c1-11-9-18(10-12(2)22-11)23(20,21)17-7-5-16(6-8-17)13(19)14(15)3-4-14;/h11-12H,3-10,15H2,1-2H3;1H. The highest BCUT2D eigenvalue weighted by Crippen LogP contribution is 2.34. The maximum atomic E-state index is 12.8. The van der Waals surface area contributed by atoms with Crippen LogP contribution in [-0.2, 0) is 19.7 Å². The number of carbonyl (C=O) groups excluding carboxylic acids is 1. The van der Waals surface area contributed by atoms with E-state index in [-0.39, 0.29) is 30.5 Å². The monoisotopic (exact) mass is 382 g/mol. The fourth-order valence-electron chi connectivity index (χ4n) is 3.27. The van der Waals surface area contributed by atoms with Crippen molar-refractivity contribution in [1.29, 1.82) is 0 Å². The van der Waals surface area contributed by atoms with Gasteiger partial charge in [0.2, 0.25) is 5.91 Å². The molecule has 2 unspecified atom stereocenters. The number of rotatable bonds is 3. The lowest BCUT2D eigenvalue weighted by molar-refractivity contribution is -0.134. The minimum Gasteiger partial charge on any atom is -0.373 e. The summed E-state index contributed by atoms with van der Waals surface area (Å²) >= 11 is 0. The van der Waals surface area contributed by atoms with Crippen molar-refractivity contribution in [1.82, 2.24) is 13.5 Å². The van der Waals surface area contributed by atoms with Crippen molar-refractivity contribution in [3.63, 3.8) is 0 Å². The van der Waals surface area contributed by atoms with Crippen LogP contribution >= 0.6 is 12.4 Å². The third kappa shape index (κ3) is 3.86. The molecule has 0 spiro atoms. The van der Waals surface area contributed by atoms with Gasteiger partial charge < -0.3 is 15.4 Å². The summed E-state index contributed by atoms with van der Waals surface area (Å²) in [6.07, 6.45) is 1.24. The Morgan fingerprint density at radius 1 is 1.04 bits per heavy atom. The second-order valence-corrected chi connectivity index (χ2v) is 8.86. The molecule has 3 rings (SSSR count). The highest BCUT2D eigenvalue weighted by atomic mass is 35.5. The van der Waals surface area contributed by atoms with Crippen LogP contribution in [0.5, 0.6) is 0 Å². The maximum absolute atomic E-state index is 12.8. The van der Waals surface area contributed by atoms with Crippen LogP contribution in [0, 0.1) is 0 Å². The number of nitrogens with zero attached hydrogens (tertiary/aromatic N) is 3. The molecule has 140 valence electrons. The van der Waals surface area contributed by atoms with Crippen molar-refractivity contribution in [2.75, 3.05) is 39.3 Å². The third-order valence-electron chi connectivity index (χ3n) is 4.78. The smallest absolute Gasteiger partial charge is 0.282 e. The van der Waals surface area contributed by atoms with E-state index in [0.717, 1.165) is 12.8 Å². The molecule has 0 aromatic carbocycles. The molecule has 0 bridgehead atoms. The highest BCUT2D eigenvalue weighted by molar-refractivity contribution is 7.86. The Kier molecular flexibility index (Phi) is 5.83. The van der Waals surface area contributed by atoms with Crippen molar-refractivity contribution in [3.05, 3.63) is 0 Å². The molecule has 2 N–H and O–H groups in total. The molecule has 0 aromatic heterocycles. The second-order valence-electron chi connectivity index (χ2n) is 6.93. The average molecular weight is 383 g/mol. The molecule has 0 aromatic rings. The van der Waals surface area contributed by atoms with Gasteiger partial charge in [-0.15, -0.1) is 12.4 Å². The predicted octanol–water partition coefficient (Wildman–Crippen LogP) is -0.602. The number of hydrogen-bond acceptors (Lipinski definition) is 5. The number of carbonyl (C=O) groups is 1. The Bertz CT molecular complexity index is 565. The van der Waals surface area contributed by atoms with Gasteiger partial charge >= 0.3 is 0 Å². The molecule has 24 heavy (non-hydrogen) atoms. The molecule has 2 atom stereocenters. The van der Waals surface area contributed by atoms with E-state index in [0.29, 0.717) is 39.3 Å². The fraction of sp³-hybridized carbons (Fsp3) is 0.929. The van der Waals surface area contributed by atoms with Gasteiger partial charge in [-0.2, -0.15) is 17.0 Å². The number of hydrogen-bond donors (Lipinski definition) is 1. The van der Waals surface area contributed by atoms with Crippen LogP contribution in [0.15, 0.2) is 0 Å². The minimum atomic E-state index is -3.50. The lowest BCUT2D eigenvalue weighted by Gasteiger charge is -2.40. The number of piperazine rings is 1. The molecule has 1 aliphatic carbocycles. The van der Waals surface area contributed by atoms with Crippen LogP contribution in [0.4, 0.5) is 0 Å². The number of amides is 1. The SMILES string of the molecule is CC1CN(S(=O)(=O)N2CCN(C(=O)C3(N)CC3)CC2)CC(C)O1.Cl. The molecule has 0 radical (unpaired) electrons. The van der Waals surface area contributed by atoms with Crippen LogP contribution < -0.4 is 5.73 Å². The van der Waals surface area contributed by atoms with Gasteiger partial charge in [-0.25, -0.2) is 0 Å². The summed E-state index contributed by atoms with van der Waals surface area (Å²) in [7, 11) is -3.50. The summed E-state index contributed by atoms with van der Waals surface area (Å²) < 4.78 is 34.1. The van der Waals surface area contributed by atoms with Crippen molar-refractivity contribution in [2.24, 2.45) is 5.73 Å². The van der Waals surface area contributed by atoms with Crippen molar-refractivity contribution >= 4 is 28.5 Å². The summed E-state index contributed by atoms with van der Waals surface area (Å²) in [5.74, 6) is -0.0387. The van der Waals surface area contributed by atoms with Gasteiger partial charge in [-0.3, -0.25) is 4.79 Å². The Hall–Kier alpha value is -0.450. The van der Waals surface area contributed by atoms with Gasteiger partial charge in [0.1, 0.15) is 0 Å². The Labute approximate surface area is 149 Å². The minimum absolute atomic E-state index is 0. The number of nitrogens with two attached hydrogens (primary N) is 1. The van der Waals surface area contributed by atoms with Crippen LogP contribution in [0.2, 0.25) is 0 Å². The van der Waals surface area contributed by atoms with E-state index in [2.05, 4.69) is 0 Å². The van der Waals surface area contributed by atoms with E-state index in [9.17, 15) is 13.2 Å². The van der Waals surface area contributed by atoms with Crippen LogP contribution in [-0.4, -0.2) is 84.9 Å². The van der Waals surface area contributed by atoms with Gasteiger partial charge in [-0.1, -0.05) is 0 Å². The molecule has 1 saturated carbocycles. The van der Waals surface area contributed by atoms with Crippen molar-refractivity contribution in [3.8, 4) is 0 Å². The third-order valence-corrected chi connectivity index (χ3v) is 6.75. The number of morpholine rings is 1. The zero-order valence-electron chi connectivity index (χ0n) is 14.2. The lowest BCUT2D eigenvalue weighted by atomic mass is 10.2. The second kappa shape index (κ2) is 7.05. The van der Waals surface area contributed by atoms with E-state index in [1.54, 1.807) is 4.90 Å². The van der Waals surface area contributed by atoms with Crippen molar-refractivity contribution in [2.45, 2.75) is 44.4 Å². The quantitative estimate of drug-likeness (QED) is 0.703. The van der Waals surface area contributed by atoms with Gasteiger partial charge in [-0.05, 0) is 26.7 Å². The molecule has 1 amide bonds. The summed E-state index contributed by atoms with van der Waals surface area (Å²) in [5.41, 5.74) is 5.26. The molecule has 2 heterocycles. The van der Waals surface area contributed by atoms with Crippen LogP contribution in [0.3, 0.4) is 0 Å². The van der Waals surface area contributed by atoms with Gasteiger partial charge in [0.15, 0.2) is 0 Å². The Balaban J connectivity index is 0.00000208. The molecule has 8 nitrogen and oxygen atoms in total. The van der Waals surface area contributed by atoms with E-state index < -0.39 is 15.7 Å². The first-order chi connectivity index (χ1) is 10.7. The molecule has 2 aliphatic heterocycles. The zero-order valence-corrected chi connectivity index (χ0v) is 15.8. The van der Waals surface area contributed by atoms with E-state index >= 15 is 0 Å². The first kappa shape index (κ1) is 19.9. The van der Waals surface area contributed by atoms with Gasteiger partial charge in [0.05, 0.1) is 17.7 Å². The summed E-state index contributed by atoms with van der Waals surface area (Å²) in [5, 5.41) is 0. The van der Waals surface area contributed by atoms with Gasteiger partial charge in [0.25, 0.3) is 10.2 Å². The molecule has 3 fully saturated rings. The first-order valence-corrected chi connectivity index (χ1v) is 9.61. The lowest BCUT2D eigenvalue weighted by Crippen LogP contribution is -2.59. The average Bonchev–Trinajstić information content (AvgIpc) is 3.25. The van der Waals surface area contributed by atoms with Crippen LogP contribution in [0.1, 0.15) is 26.7 Å². The maximum Gasteiger partial charge on any atom is 0.282 e. The number of halogens is 1. The fourth-order valence-corrected chi connectivity index (χ4v) is 5.02. The summed E-state index contributed by atoms with van der Waals surface area (Å²) in [6.45, 7) is 5.97. The molecule has 3 aliphatic rings. The molecule has 2 saturated heterocycles. The largest absolute Gasteiger partial charge is 0.373 e. The predicted molar refractivity (Wildman–Crippen MR) is 92.1 cm³/mol. The normalized spacial score (nSPS) is 31.4.